The highest BCUT2D eigenvalue weighted by atomic mass is 35.5. The van der Waals surface area contributed by atoms with E-state index in [9.17, 15) is 23.6 Å². The molecule has 4 aromatic rings. The van der Waals surface area contributed by atoms with E-state index in [0.29, 0.717) is 16.3 Å². The van der Waals surface area contributed by atoms with Crippen molar-refractivity contribution in [3.05, 3.63) is 107 Å². The van der Waals surface area contributed by atoms with Crippen molar-refractivity contribution in [2.45, 2.75) is 18.9 Å². The molecule has 14 heteroatoms. The van der Waals surface area contributed by atoms with Crippen molar-refractivity contribution in [1.29, 1.82) is 0 Å². The van der Waals surface area contributed by atoms with Crippen molar-refractivity contribution in [3.63, 3.8) is 0 Å². The van der Waals surface area contributed by atoms with Crippen molar-refractivity contribution < 1.29 is 28.7 Å². The third-order valence-electron chi connectivity index (χ3n) is 6.02. The zero-order valence-electron chi connectivity index (χ0n) is 22.4. The number of nitrogens with one attached hydrogen (secondary N) is 3. The summed E-state index contributed by atoms with van der Waals surface area (Å²) < 4.78 is 16.1. The second-order valence-corrected chi connectivity index (χ2v) is 9.56. The van der Waals surface area contributed by atoms with Gasteiger partial charge in [0.25, 0.3) is 5.91 Å². The number of benzene rings is 3. The fourth-order valence-corrected chi connectivity index (χ4v) is 4.15. The molecule has 1 aromatic heterocycles. The van der Waals surface area contributed by atoms with Gasteiger partial charge in [-0.1, -0.05) is 41.9 Å². The SMILES string of the molecule is O=C(O)CCNC(=O)c1ccc(NC(=O)[C@H](Cc2ccccc2)NC(=O)/C=C/c2cc(Cl)ccc2-n2cnnn2)cc1F. The first-order valence-electron chi connectivity index (χ1n) is 12.9. The first-order chi connectivity index (χ1) is 20.7. The molecule has 0 aliphatic carbocycles. The van der Waals surface area contributed by atoms with Gasteiger partial charge >= 0.3 is 5.97 Å². The minimum atomic E-state index is -1.11. The lowest BCUT2D eigenvalue weighted by atomic mass is 10.0. The van der Waals surface area contributed by atoms with Gasteiger partial charge in [-0.3, -0.25) is 19.2 Å². The van der Waals surface area contributed by atoms with Crippen LogP contribution in [0.1, 0.15) is 27.9 Å². The molecule has 220 valence electrons. The number of anilines is 1. The van der Waals surface area contributed by atoms with Crippen LogP contribution in [0.2, 0.25) is 5.02 Å². The molecule has 43 heavy (non-hydrogen) atoms. The summed E-state index contributed by atoms with van der Waals surface area (Å²) in [5.41, 5.74) is 1.61. The van der Waals surface area contributed by atoms with Crippen molar-refractivity contribution in [2.75, 3.05) is 11.9 Å². The van der Waals surface area contributed by atoms with Crippen LogP contribution in [0.25, 0.3) is 11.8 Å². The zero-order valence-corrected chi connectivity index (χ0v) is 23.2. The van der Waals surface area contributed by atoms with Crippen molar-refractivity contribution in [3.8, 4) is 5.69 Å². The average Bonchev–Trinajstić information content (AvgIpc) is 3.51. The average molecular weight is 606 g/mol. The van der Waals surface area contributed by atoms with Crippen LogP contribution in [0.4, 0.5) is 10.1 Å². The molecule has 0 spiro atoms. The van der Waals surface area contributed by atoms with Gasteiger partial charge in [-0.05, 0) is 58.5 Å². The molecule has 3 amide bonds. The highest BCUT2D eigenvalue weighted by molar-refractivity contribution is 6.30. The molecule has 1 atom stereocenters. The van der Waals surface area contributed by atoms with Gasteiger partial charge in [-0.15, -0.1) is 5.10 Å². The summed E-state index contributed by atoms with van der Waals surface area (Å²) in [7, 11) is 0. The van der Waals surface area contributed by atoms with Gasteiger partial charge in [-0.25, -0.2) is 4.39 Å². The summed E-state index contributed by atoms with van der Waals surface area (Å²) in [6, 6.07) is 16.4. The second-order valence-electron chi connectivity index (χ2n) is 9.13. The smallest absolute Gasteiger partial charge is 0.305 e. The highest BCUT2D eigenvalue weighted by Crippen LogP contribution is 2.20. The van der Waals surface area contributed by atoms with Crippen LogP contribution in [-0.2, 0) is 20.8 Å². The first kappa shape index (κ1) is 30.5. The van der Waals surface area contributed by atoms with Crippen LogP contribution < -0.4 is 16.0 Å². The van der Waals surface area contributed by atoms with Crippen LogP contribution in [0.3, 0.4) is 0 Å². The molecule has 0 saturated carbocycles. The highest BCUT2D eigenvalue weighted by Gasteiger charge is 2.22. The molecular formula is C29H25ClFN7O5. The number of carbonyl (C=O) groups excluding carboxylic acids is 3. The number of aromatic nitrogens is 4. The Hall–Kier alpha value is -5.43. The number of amides is 3. The normalized spacial score (nSPS) is 11.6. The summed E-state index contributed by atoms with van der Waals surface area (Å²) >= 11 is 6.14. The standard InChI is InChI=1S/C29H25ClFN7O5/c30-20-7-10-25(38-17-33-36-37-38)19(15-20)6-11-26(39)35-24(14-18-4-2-1-3-5-18)29(43)34-21-8-9-22(23(31)16-21)28(42)32-13-12-27(40)41/h1-11,15-17,24H,12-14H2,(H,32,42)(H,34,43)(H,35,39)(H,40,41)/b11-6+/t24-/m0/s1. The van der Waals surface area contributed by atoms with Crippen LogP contribution in [-0.4, -0.2) is 61.6 Å². The van der Waals surface area contributed by atoms with Gasteiger partial charge in [0.2, 0.25) is 11.8 Å². The number of tetrazole rings is 1. The van der Waals surface area contributed by atoms with Gasteiger partial charge in [0.05, 0.1) is 17.7 Å². The summed E-state index contributed by atoms with van der Waals surface area (Å²) in [6.45, 7) is -0.169. The molecule has 0 aliphatic heterocycles. The van der Waals surface area contributed by atoms with Gasteiger partial charge in [0.1, 0.15) is 18.2 Å². The van der Waals surface area contributed by atoms with E-state index < -0.39 is 35.5 Å². The lowest BCUT2D eigenvalue weighted by Gasteiger charge is -2.18. The third-order valence-corrected chi connectivity index (χ3v) is 6.26. The zero-order chi connectivity index (χ0) is 30.8. The van der Waals surface area contributed by atoms with Crippen LogP contribution in [0.15, 0.2) is 79.1 Å². The maximum absolute atomic E-state index is 14.7. The summed E-state index contributed by atoms with van der Waals surface area (Å²) in [5, 5.41) is 27.8. The number of rotatable bonds is 12. The number of carboxylic acids is 1. The first-order valence-corrected chi connectivity index (χ1v) is 13.2. The topological polar surface area (TPSA) is 168 Å². The van der Waals surface area contributed by atoms with Crippen molar-refractivity contribution >= 4 is 47.1 Å². The van der Waals surface area contributed by atoms with E-state index in [1.807, 2.05) is 6.07 Å². The van der Waals surface area contributed by atoms with E-state index in [1.54, 1.807) is 42.5 Å². The van der Waals surface area contributed by atoms with Gasteiger partial charge in [0, 0.05) is 35.3 Å². The van der Waals surface area contributed by atoms with Crippen LogP contribution >= 0.6 is 11.6 Å². The van der Waals surface area contributed by atoms with E-state index in [-0.39, 0.29) is 30.6 Å². The molecule has 0 saturated heterocycles. The molecule has 4 rings (SSSR count). The van der Waals surface area contributed by atoms with Crippen LogP contribution in [0, 0.1) is 5.82 Å². The quantitative estimate of drug-likeness (QED) is 0.179. The summed E-state index contributed by atoms with van der Waals surface area (Å²) in [4.78, 5) is 49.0. The molecule has 1 heterocycles. The number of nitrogens with zero attached hydrogens (tertiary/aromatic N) is 4. The number of hydrogen-bond acceptors (Lipinski definition) is 7. The largest absolute Gasteiger partial charge is 0.481 e. The minimum Gasteiger partial charge on any atom is -0.481 e. The van der Waals surface area contributed by atoms with Crippen LogP contribution in [0.5, 0.6) is 0 Å². The van der Waals surface area contributed by atoms with E-state index in [0.717, 1.165) is 11.6 Å². The molecule has 0 bridgehead atoms. The Morgan fingerprint density at radius 1 is 1.05 bits per heavy atom. The summed E-state index contributed by atoms with van der Waals surface area (Å²) in [5.74, 6) is -4.03. The number of carboxylic acid groups (broad SMARTS) is 1. The maximum atomic E-state index is 14.7. The molecule has 3 aromatic carbocycles. The Morgan fingerprint density at radius 3 is 2.53 bits per heavy atom. The second kappa shape index (κ2) is 14.5. The Balaban J connectivity index is 1.48. The Labute approximate surface area is 249 Å². The minimum absolute atomic E-state index is 0.0532. The fourth-order valence-electron chi connectivity index (χ4n) is 3.97. The van der Waals surface area contributed by atoms with E-state index in [1.165, 1.54) is 35.3 Å². The van der Waals surface area contributed by atoms with E-state index in [2.05, 4.69) is 31.5 Å². The molecule has 0 unspecified atom stereocenters. The molecule has 0 fully saturated rings. The van der Waals surface area contributed by atoms with Crippen molar-refractivity contribution in [2.24, 2.45) is 0 Å². The third kappa shape index (κ3) is 8.78. The predicted molar refractivity (Wildman–Crippen MR) is 155 cm³/mol. The van der Waals surface area contributed by atoms with E-state index in [4.69, 9.17) is 16.7 Å². The van der Waals surface area contributed by atoms with Gasteiger partial charge in [-0.2, -0.15) is 4.68 Å². The monoisotopic (exact) mass is 605 g/mol. The van der Waals surface area contributed by atoms with E-state index >= 15 is 0 Å². The Kier molecular flexibility index (Phi) is 10.3. The summed E-state index contributed by atoms with van der Waals surface area (Å²) in [6.07, 6.45) is 3.95. The molecule has 12 nitrogen and oxygen atoms in total. The molecule has 4 N–H and O–H groups in total. The Morgan fingerprint density at radius 2 is 1.84 bits per heavy atom. The molecule has 0 aliphatic rings. The van der Waals surface area contributed by atoms with Crippen molar-refractivity contribution in [1.82, 2.24) is 30.8 Å². The fraction of sp³-hybridized carbons (Fsp3) is 0.138. The number of carbonyl (C=O) groups is 4. The predicted octanol–water partition coefficient (Wildman–Crippen LogP) is 3.04. The maximum Gasteiger partial charge on any atom is 0.305 e. The van der Waals surface area contributed by atoms with Gasteiger partial charge < -0.3 is 21.1 Å². The number of aliphatic carboxylic acids is 1. The lowest BCUT2D eigenvalue weighted by molar-refractivity contribution is -0.136. The molecule has 0 radical (unpaired) electrons. The Bertz CT molecular complexity index is 1650. The number of hydrogen-bond donors (Lipinski definition) is 4. The number of halogens is 2. The van der Waals surface area contributed by atoms with Gasteiger partial charge in [0.15, 0.2) is 0 Å². The lowest BCUT2D eigenvalue weighted by Crippen LogP contribution is -2.44. The molecular weight excluding hydrogens is 581 g/mol.